The number of fused-ring (bicyclic) bond motifs is 1. The van der Waals surface area contributed by atoms with E-state index >= 15 is 0 Å². The Hall–Kier alpha value is -5.36. The molecule has 0 bridgehead atoms. The van der Waals surface area contributed by atoms with E-state index in [4.69, 9.17) is 4.74 Å². The van der Waals surface area contributed by atoms with E-state index in [0.717, 1.165) is 59.4 Å². The van der Waals surface area contributed by atoms with E-state index in [1.54, 1.807) is 37.7 Å². The third kappa shape index (κ3) is 8.80. The number of piperidine rings is 1. The van der Waals surface area contributed by atoms with Crippen molar-refractivity contribution >= 4 is 29.2 Å². The van der Waals surface area contributed by atoms with Crippen molar-refractivity contribution in [2.45, 2.75) is 38.8 Å². The number of carbonyl (C=O) groups is 2. The molecule has 1 atom stereocenters. The summed E-state index contributed by atoms with van der Waals surface area (Å²) in [7, 11) is 5.41. The number of halogens is 2. The third-order valence-electron chi connectivity index (χ3n) is 8.84. The molecule has 262 valence electrons. The van der Waals surface area contributed by atoms with Crippen LogP contribution in [0, 0.1) is 12.7 Å². The Morgan fingerprint density at radius 1 is 1.08 bits per heavy atom. The second kappa shape index (κ2) is 16.8. The summed E-state index contributed by atoms with van der Waals surface area (Å²) in [6.45, 7) is 4.42. The van der Waals surface area contributed by atoms with Crippen LogP contribution in [0.3, 0.4) is 0 Å². The molecule has 0 amide bonds. The number of H-pyrrole nitrogens is 1. The number of nitrogens with one attached hydrogen (secondary N) is 2. The monoisotopic (exact) mass is 683 g/mol. The molecule has 2 N–H and O–H groups in total. The molecule has 50 heavy (non-hydrogen) atoms. The Kier molecular flexibility index (Phi) is 12.1. The Morgan fingerprint density at radius 3 is 2.52 bits per heavy atom. The zero-order valence-electron chi connectivity index (χ0n) is 28.8. The largest absolute Gasteiger partial charge is 0.454 e. The maximum Gasteiger partial charge on any atom is 0.167 e. The van der Waals surface area contributed by atoms with Gasteiger partial charge in [-0.1, -0.05) is 12.5 Å². The molecular weight excluding hydrogens is 640 g/mol. The average Bonchev–Trinajstić information content (AvgIpc) is 3.60. The zero-order chi connectivity index (χ0) is 35.6. The molecule has 3 heterocycles. The highest BCUT2D eigenvalue weighted by atomic mass is 19.1. The smallest absolute Gasteiger partial charge is 0.167 e. The first-order valence-electron chi connectivity index (χ1n) is 16.6. The van der Waals surface area contributed by atoms with Gasteiger partial charge in [-0.3, -0.25) is 34.6 Å². The fourth-order valence-electron chi connectivity index (χ4n) is 5.90. The molecule has 2 aliphatic rings. The quantitative estimate of drug-likeness (QED) is 0.0569. The van der Waals surface area contributed by atoms with Crippen LogP contribution in [0.5, 0.6) is 11.5 Å². The molecule has 10 nitrogen and oxygen atoms in total. The number of aromatic nitrogens is 3. The molecule has 0 radical (unpaired) electrons. The number of likely N-dealkylation sites (tertiary alicyclic amines) is 1. The minimum Gasteiger partial charge on any atom is -0.454 e. The number of benzene rings is 2. The second-order valence-corrected chi connectivity index (χ2v) is 12.3. The number of hydrogen-bond acceptors (Lipinski definition) is 9. The number of aldehydes is 2. The van der Waals surface area contributed by atoms with Crippen LogP contribution in [0.1, 0.15) is 31.4 Å². The number of likely N-dealkylation sites (N-methyl/N-ethyl adjacent to an activating group) is 2. The van der Waals surface area contributed by atoms with Crippen LogP contribution in [-0.2, 0) is 9.59 Å². The van der Waals surface area contributed by atoms with Crippen molar-refractivity contribution in [1.82, 2.24) is 30.1 Å². The molecule has 0 spiro atoms. The Bertz CT molecular complexity index is 1890. The van der Waals surface area contributed by atoms with Crippen LogP contribution >= 0.6 is 0 Å². The van der Waals surface area contributed by atoms with Crippen LogP contribution < -0.4 is 10.1 Å². The van der Waals surface area contributed by atoms with Gasteiger partial charge in [0.2, 0.25) is 0 Å². The lowest BCUT2D eigenvalue weighted by atomic mass is 10.0. The first-order valence-corrected chi connectivity index (χ1v) is 16.6. The number of rotatable bonds is 11. The Balaban J connectivity index is 0.000000195. The van der Waals surface area contributed by atoms with Crippen molar-refractivity contribution in [3.63, 3.8) is 0 Å². The highest BCUT2D eigenvalue weighted by Gasteiger charge is 2.22. The minimum atomic E-state index is -0.948. The molecule has 1 aliphatic carbocycles. The van der Waals surface area contributed by atoms with Crippen LogP contribution in [0.2, 0.25) is 0 Å². The SMILES string of the molecule is CN(C1=CCC(F)C=C1)N(C)C(CN1CCCCC1)=C(C=O)C=O.CNc1ccc(Oc2cc3cn[nH]c3cc2-c2ccnc(C)c2)c(F)c1. The van der Waals surface area contributed by atoms with Crippen LogP contribution in [0.25, 0.3) is 22.0 Å². The number of ether oxygens (including phenoxy) is 1. The molecule has 1 aliphatic heterocycles. The lowest BCUT2D eigenvalue weighted by molar-refractivity contribution is -0.110. The fourth-order valence-corrected chi connectivity index (χ4v) is 5.90. The highest BCUT2D eigenvalue weighted by molar-refractivity contribution is 6.00. The number of alkyl halides is 1. The summed E-state index contributed by atoms with van der Waals surface area (Å²) in [6.07, 6.45) is 12.6. The second-order valence-electron chi connectivity index (χ2n) is 12.3. The molecule has 2 aromatic heterocycles. The van der Waals surface area contributed by atoms with E-state index < -0.39 is 12.0 Å². The maximum absolute atomic E-state index is 14.4. The van der Waals surface area contributed by atoms with Gasteiger partial charge in [0.05, 0.1) is 28.7 Å². The number of pyridine rings is 1. The first kappa shape index (κ1) is 35.9. The summed E-state index contributed by atoms with van der Waals surface area (Å²) < 4.78 is 33.6. The topological polar surface area (TPSA) is 107 Å². The summed E-state index contributed by atoms with van der Waals surface area (Å²) in [5, 5.41) is 14.5. The van der Waals surface area contributed by atoms with E-state index in [-0.39, 0.29) is 11.3 Å². The van der Waals surface area contributed by atoms with Gasteiger partial charge >= 0.3 is 0 Å². The van der Waals surface area contributed by atoms with E-state index in [1.807, 2.05) is 61.4 Å². The van der Waals surface area contributed by atoms with Gasteiger partial charge in [-0.05, 0) is 87.0 Å². The van der Waals surface area contributed by atoms with E-state index in [0.29, 0.717) is 42.7 Å². The molecule has 0 saturated carbocycles. The van der Waals surface area contributed by atoms with Crippen molar-refractivity contribution < 1.29 is 23.1 Å². The van der Waals surface area contributed by atoms with E-state index in [1.165, 1.54) is 18.6 Å². The summed E-state index contributed by atoms with van der Waals surface area (Å²) in [6, 6.07) is 12.5. The number of hydrazine groups is 1. The van der Waals surface area contributed by atoms with Crippen LogP contribution in [0.15, 0.2) is 90.1 Å². The van der Waals surface area contributed by atoms with Gasteiger partial charge in [0.1, 0.15) is 11.9 Å². The number of aromatic amines is 1. The summed E-state index contributed by atoms with van der Waals surface area (Å²) in [4.78, 5) is 29.2. The number of hydrogen-bond donors (Lipinski definition) is 2. The van der Waals surface area contributed by atoms with Crippen LogP contribution in [0.4, 0.5) is 14.5 Å². The van der Waals surface area contributed by atoms with Gasteiger partial charge in [-0.2, -0.15) is 5.10 Å². The van der Waals surface area contributed by atoms with Crippen molar-refractivity contribution in [1.29, 1.82) is 0 Å². The molecule has 1 fully saturated rings. The lowest BCUT2D eigenvalue weighted by Gasteiger charge is -2.38. The number of carbonyl (C=O) groups excluding carboxylic acids is 2. The predicted octanol–water partition coefficient (Wildman–Crippen LogP) is 6.99. The van der Waals surface area contributed by atoms with Gasteiger partial charge < -0.3 is 10.1 Å². The Morgan fingerprint density at radius 2 is 1.86 bits per heavy atom. The summed E-state index contributed by atoms with van der Waals surface area (Å²) in [5.41, 5.74) is 5.90. The molecule has 4 aromatic rings. The van der Waals surface area contributed by atoms with Gasteiger partial charge in [-0.25, -0.2) is 8.78 Å². The lowest BCUT2D eigenvalue weighted by Crippen LogP contribution is -2.42. The first-order chi connectivity index (χ1) is 24.2. The molecule has 12 heteroatoms. The van der Waals surface area contributed by atoms with Gasteiger partial charge in [-0.15, -0.1) is 0 Å². The van der Waals surface area contributed by atoms with E-state index in [9.17, 15) is 18.4 Å². The van der Waals surface area contributed by atoms with E-state index in [2.05, 4.69) is 25.4 Å². The predicted molar refractivity (Wildman–Crippen MR) is 192 cm³/mol. The number of allylic oxidation sites excluding steroid dienone is 4. The average molecular weight is 684 g/mol. The number of anilines is 1. The van der Waals surface area contributed by atoms with Crippen LogP contribution in [-0.4, -0.2) is 89.6 Å². The standard InChI is InChI=1S/C20H17FN4O.C18H26FN3O2/c1-12-7-13(5-6-23-12)16-10-18-14(11-24-25-18)8-20(16)26-19-4-3-15(22-2)9-17(19)21;1-20(17-8-6-16(19)7-9-17)21(2)18(15(13-23)14-24)12-22-10-4-3-5-11-22/h3-11,22H,1-2H3,(H,24,25);6,8-9,13-14,16H,3-5,7,10-12H2,1-2H3. The Labute approximate surface area is 291 Å². The molecule has 2 aromatic carbocycles. The number of nitrogens with zero attached hydrogens (tertiary/aromatic N) is 5. The summed E-state index contributed by atoms with van der Waals surface area (Å²) >= 11 is 0. The van der Waals surface area contributed by atoms with Crippen molar-refractivity contribution in [2.75, 3.05) is 46.1 Å². The van der Waals surface area contributed by atoms with Gasteiger partial charge in [0.15, 0.2) is 24.1 Å². The molecule has 6 rings (SSSR count). The fraction of sp³-hybridized carbons (Fsp3) is 0.316. The van der Waals surface area contributed by atoms with Crippen molar-refractivity contribution in [2.24, 2.45) is 0 Å². The maximum atomic E-state index is 14.4. The summed E-state index contributed by atoms with van der Waals surface area (Å²) in [5.74, 6) is 0.292. The van der Waals surface area contributed by atoms with Gasteiger partial charge in [0, 0.05) is 68.7 Å². The zero-order valence-corrected chi connectivity index (χ0v) is 28.8. The van der Waals surface area contributed by atoms with Crippen molar-refractivity contribution in [3.05, 3.63) is 102 Å². The number of aryl methyl sites for hydroxylation is 1. The minimum absolute atomic E-state index is 0.152. The highest BCUT2D eigenvalue weighted by Crippen LogP contribution is 2.37. The molecular formula is C38H43F2N7O3. The molecule has 1 unspecified atom stereocenters. The molecule has 1 saturated heterocycles. The van der Waals surface area contributed by atoms with Crippen molar-refractivity contribution in [3.8, 4) is 22.6 Å². The normalized spacial score (nSPS) is 15.7. The third-order valence-corrected chi connectivity index (χ3v) is 8.84. The van der Waals surface area contributed by atoms with Gasteiger partial charge in [0.25, 0.3) is 0 Å².